The van der Waals surface area contributed by atoms with Crippen molar-refractivity contribution in [2.75, 3.05) is 44.3 Å². The molecule has 1 fully saturated rings. The van der Waals surface area contributed by atoms with Crippen molar-refractivity contribution >= 4 is 23.4 Å². The molecule has 2 N–H and O–H groups in total. The van der Waals surface area contributed by atoms with Gasteiger partial charge in [0.1, 0.15) is 29.5 Å². The van der Waals surface area contributed by atoms with Crippen molar-refractivity contribution in [3.05, 3.63) is 95.6 Å². The molecule has 3 atom stereocenters. The molecule has 0 saturated carbocycles. The number of carbonyl (C=O) groups is 3. The van der Waals surface area contributed by atoms with Crippen molar-refractivity contribution in [3.63, 3.8) is 0 Å². The minimum absolute atomic E-state index is 0.132. The summed E-state index contributed by atoms with van der Waals surface area (Å²) in [5, 5.41) is 5.38. The monoisotopic (exact) mass is 592 g/mol. The van der Waals surface area contributed by atoms with E-state index in [0.717, 1.165) is 31.3 Å². The number of hydrogen-bond donors (Lipinski definition) is 2. The van der Waals surface area contributed by atoms with Gasteiger partial charge in [-0.2, -0.15) is 0 Å². The highest BCUT2D eigenvalue weighted by molar-refractivity contribution is 6.02. The Hall–Kier alpha value is -4.35. The van der Waals surface area contributed by atoms with E-state index in [1.165, 1.54) is 6.92 Å². The number of carbonyl (C=O) groups excluding carboxylic acids is 3. The fourth-order valence-electron chi connectivity index (χ4n) is 5.27. The van der Waals surface area contributed by atoms with E-state index in [1.54, 1.807) is 11.0 Å². The lowest BCUT2D eigenvalue weighted by Crippen LogP contribution is -2.56. The van der Waals surface area contributed by atoms with Crippen LogP contribution in [0.3, 0.4) is 0 Å². The summed E-state index contributed by atoms with van der Waals surface area (Å²) in [5.74, 6) is -2.66. The standard InChI is InChI=1S/C32H34F2N4O5/c1-21(35-28(39)19-22-17-24(33)20-25(34)18-22)31(40)36-29-30(23-7-3-2-4-8-23)43-27-10-6-5-9-26(27)38(32(29)41)12-11-37-13-15-42-16-14-37/h2-10,17-18,20-21,29-30H,11-16,19H2,1H3,(H,35,39)(H,36,40)/t21-,29+,30-/m0/s1. The van der Waals surface area contributed by atoms with Crippen molar-refractivity contribution in [3.8, 4) is 5.75 Å². The van der Waals surface area contributed by atoms with E-state index >= 15 is 0 Å². The van der Waals surface area contributed by atoms with Crippen LogP contribution in [0.1, 0.15) is 24.2 Å². The topological polar surface area (TPSA) is 100 Å². The Kier molecular flexibility index (Phi) is 9.63. The number of para-hydroxylation sites is 2. The lowest BCUT2D eigenvalue weighted by Gasteiger charge is -2.31. The molecule has 226 valence electrons. The quantitative estimate of drug-likeness (QED) is 0.397. The first-order chi connectivity index (χ1) is 20.8. The van der Waals surface area contributed by atoms with E-state index in [2.05, 4.69) is 15.5 Å². The molecule has 9 nitrogen and oxygen atoms in total. The van der Waals surface area contributed by atoms with Gasteiger partial charge >= 0.3 is 0 Å². The molecule has 5 rings (SSSR count). The Bertz CT molecular complexity index is 1430. The van der Waals surface area contributed by atoms with Crippen molar-refractivity contribution < 1.29 is 32.6 Å². The van der Waals surface area contributed by atoms with Gasteiger partial charge in [0, 0.05) is 32.2 Å². The molecule has 43 heavy (non-hydrogen) atoms. The maximum Gasteiger partial charge on any atom is 0.253 e. The number of morpholine rings is 1. The third-order valence-corrected chi connectivity index (χ3v) is 7.47. The molecule has 3 amide bonds. The van der Waals surface area contributed by atoms with Crippen LogP contribution < -0.4 is 20.3 Å². The van der Waals surface area contributed by atoms with Crippen molar-refractivity contribution in [1.82, 2.24) is 15.5 Å². The fourth-order valence-corrected chi connectivity index (χ4v) is 5.27. The Balaban J connectivity index is 1.36. The Morgan fingerprint density at radius 2 is 1.63 bits per heavy atom. The number of anilines is 1. The molecule has 2 aliphatic rings. The van der Waals surface area contributed by atoms with E-state index in [1.807, 2.05) is 48.5 Å². The molecule has 0 radical (unpaired) electrons. The maximum absolute atomic E-state index is 14.3. The second kappa shape index (κ2) is 13.7. The van der Waals surface area contributed by atoms with E-state index < -0.39 is 41.6 Å². The number of hydrogen-bond acceptors (Lipinski definition) is 6. The van der Waals surface area contributed by atoms with Gasteiger partial charge in [-0.25, -0.2) is 8.78 Å². The highest BCUT2D eigenvalue weighted by Gasteiger charge is 2.41. The van der Waals surface area contributed by atoms with Gasteiger partial charge in [-0.15, -0.1) is 0 Å². The smallest absolute Gasteiger partial charge is 0.253 e. The summed E-state index contributed by atoms with van der Waals surface area (Å²) in [4.78, 5) is 44.2. The first-order valence-electron chi connectivity index (χ1n) is 14.3. The number of amides is 3. The van der Waals surface area contributed by atoms with Crippen LogP contribution in [0.15, 0.2) is 72.8 Å². The van der Waals surface area contributed by atoms with Crippen LogP contribution in [-0.2, 0) is 25.5 Å². The predicted octanol–water partition coefficient (Wildman–Crippen LogP) is 3.00. The molecular formula is C32H34F2N4O5. The summed E-state index contributed by atoms with van der Waals surface area (Å²) in [6.07, 6.45) is -1.18. The molecule has 0 bridgehead atoms. The average Bonchev–Trinajstić information content (AvgIpc) is 3.10. The van der Waals surface area contributed by atoms with Crippen molar-refractivity contribution in [2.45, 2.75) is 31.5 Å². The highest BCUT2D eigenvalue weighted by Crippen LogP contribution is 2.37. The zero-order valence-electron chi connectivity index (χ0n) is 23.8. The van der Waals surface area contributed by atoms with Gasteiger partial charge in [0.05, 0.1) is 25.3 Å². The summed E-state index contributed by atoms with van der Waals surface area (Å²) in [6.45, 7) is 5.21. The van der Waals surface area contributed by atoms with Gasteiger partial charge < -0.3 is 25.0 Å². The van der Waals surface area contributed by atoms with Crippen LogP contribution in [0, 0.1) is 11.6 Å². The fraction of sp³-hybridized carbons (Fsp3) is 0.344. The molecule has 3 aromatic rings. The summed E-state index contributed by atoms with van der Waals surface area (Å²) >= 11 is 0. The number of benzene rings is 3. The molecular weight excluding hydrogens is 558 g/mol. The lowest BCUT2D eigenvalue weighted by molar-refractivity contribution is -0.132. The van der Waals surface area contributed by atoms with E-state index in [9.17, 15) is 23.2 Å². The minimum atomic E-state index is -1.12. The molecule has 0 spiro atoms. The van der Waals surface area contributed by atoms with Crippen LogP contribution in [0.2, 0.25) is 0 Å². The highest BCUT2D eigenvalue weighted by atomic mass is 19.1. The summed E-state index contributed by atoms with van der Waals surface area (Å²) in [6, 6.07) is 17.1. The molecule has 0 unspecified atom stereocenters. The van der Waals surface area contributed by atoms with Crippen LogP contribution in [-0.4, -0.2) is 74.1 Å². The molecule has 2 heterocycles. The predicted molar refractivity (Wildman–Crippen MR) is 155 cm³/mol. The number of nitrogens with zero attached hydrogens (tertiary/aromatic N) is 2. The average molecular weight is 593 g/mol. The maximum atomic E-state index is 14.3. The first kappa shape index (κ1) is 30.1. The first-order valence-corrected chi connectivity index (χ1v) is 14.3. The molecule has 0 aliphatic carbocycles. The zero-order chi connectivity index (χ0) is 30.3. The van der Waals surface area contributed by atoms with Crippen LogP contribution >= 0.6 is 0 Å². The number of fused-ring (bicyclic) bond motifs is 1. The third-order valence-electron chi connectivity index (χ3n) is 7.47. The molecule has 2 aliphatic heterocycles. The Labute approximate surface area is 248 Å². The SMILES string of the molecule is C[C@H](NC(=O)Cc1cc(F)cc(F)c1)C(=O)N[C@H]1C(=O)N(CCN2CCOCC2)c2ccccc2O[C@H]1c1ccccc1. The largest absolute Gasteiger partial charge is 0.481 e. The van der Waals surface area contributed by atoms with E-state index in [-0.39, 0.29) is 17.9 Å². The van der Waals surface area contributed by atoms with Crippen LogP contribution in [0.4, 0.5) is 14.5 Å². The molecule has 0 aromatic heterocycles. The number of rotatable bonds is 9. The van der Waals surface area contributed by atoms with Crippen molar-refractivity contribution in [1.29, 1.82) is 0 Å². The number of halogens is 2. The molecule has 11 heteroatoms. The van der Waals surface area contributed by atoms with Gasteiger partial charge in [-0.3, -0.25) is 19.3 Å². The molecule has 1 saturated heterocycles. The second-order valence-corrected chi connectivity index (χ2v) is 10.6. The number of nitrogens with one attached hydrogen (secondary N) is 2. The minimum Gasteiger partial charge on any atom is -0.481 e. The summed E-state index contributed by atoms with van der Waals surface area (Å²) in [5.41, 5.74) is 1.42. The van der Waals surface area contributed by atoms with Gasteiger partial charge in [0.15, 0.2) is 6.10 Å². The molecule has 3 aromatic carbocycles. The second-order valence-electron chi connectivity index (χ2n) is 10.6. The van der Waals surface area contributed by atoms with Crippen LogP contribution in [0.5, 0.6) is 5.75 Å². The normalized spacial score (nSPS) is 19.5. The van der Waals surface area contributed by atoms with E-state index in [4.69, 9.17) is 9.47 Å². The summed E-state index contributed by atoms with van der Waals surface area (Å²) < 4.78 is 39.0. The van der Waals surface area contributed by atoms with E-state index in [0.29, 0.717) is 43.3 Å². The zero-order valence-corrected chi connectivity index (χ0v) is 23.8. The Morgan fingerprint density at radius 3 is 2.35 bits per heavy atom. The summed E-state index contributed by atoms with van der Waals surface area (Å²) in [7, 11) is 0. The van der Waals surface area contributed by atoms with Gasteiger partial charge in [-0.05, 0) is 42.3 Å². The Morgan fingerprint density at radius 1 is 0.953 bits per heavy atom. The van der Waals surface area contributed by atoms with Gasteiger partial charge in [-0.1, -0.05) is 42.5 Å². The van der Waals surface area contributed by atoms with Gasteiger partial charge in [0.25, 0.3) is 5.91 Å². The third kappa shape index (κ3) is 7.54. The number of ether oxygens (including phenoxy) is 2. The lowest BCUT2D eigenvalue weighted by atomic mass is 10.0. The van der Waals surface area contributed by atoms with Crippen molar-refractivity contribution in [2.24, 2.45) is 0 Å². The van der Waals surface area contributed by atoms with Gasteiger partial charge in [0.2, 0.25) is 11.8 Å². The van der Waals surface area contributed by atoms with Crippen LogP contribution in [0.25, 0.3) is 0 Å².